The lowest BCUT2D eigenvalue weighted by molar-refractivity contribution is -0.140. The highest BCUT2D eigenvalue weighted by Crippen LogP contribution is 2.42. The lowest BCUT2D eigenvalue weighted by Crippen LogP contribution is -2.46. The van der Waals surface area contributed by atoms with Crippen LogP contribution in [0.25, 0.3) is 0 Å². The van der Waals surface area contributed by atoms with Crippen LogP contribution in [0.15, 0.2) is 12.7 Å². The van der Waals surface area contributed by atoms with E-state index < -0.39 is 0 Å². The van der Waals surface area contributed by atoms with Gasteiger partial charge in [0.25, 0.3) is 0 Å². The highest BCUT2D eigenvalue weighted by molar-refractivity contribution is 4.92. The minimum Gasteiger partial charge on any atom is -0.376 e. The number of ether oxygens (including phenoxy) is 3. The average Bonchev–Trinajstić information content (AvgIpc) is 2.51. The summed E-state index contributed by atoms with van der Waals surface area (Å²) < 4.78 is 18.3. The summed E-state index contributed by atoms with van der Waals surface area (Å²) in [5.41, 5.74) is -0.352. The fourth-order valence-electron chi connectivity index (χ4n) is 3.07. The van der Waals surface area contributed by atoms with Crippen molar-refractivity contribution in [1.29, 1.82) is 0 Å². The highest BCUT2D eigenvalue weighted by atomic mass is 16.5. The van der Waals surface area contributed by atoms with E-state index in [-0.39, 0.29) is 22.7 Å². The van der Waals surface area contributed by atoms with Gasteiger partial charge in [-0.2, -0.15) is 0 Å². The summed E-state index contributed by atoms with van der Waals surface area (Å²) >= 11 is 0. The third-order valence-electron chi connectivity index (χ3n) is 5.77. The van der Waals surface area contributed by atoms with Gasteiger partial charge in [0.05, 0.1) is 36.6 Å². The summed E-state index contributed by atoms with van der Waals surface area (Å²) in [4.78, 5) is 0. The molecule has 0 saturated heterocycles. The van der Waals surface area contributed by atoms with Crippen molar-refractivity contribution in [3.63, 3.8) is 0 Å². The molecule has 0 aliphatic carbocycles. The first kappa shape index (κ1) is 24.6. The molecule has 3 unspecified atom stereocenters. The van der Waals surface area contributed by atoms with Gasteiger partial charge in [0.2, 0.25) is 0 Å². The van der Waals surface area contributed by atoms with Crippen LogP contribution >= 0.6 is 0 Å². The van der Waals surface area contributed by atoms with E-state index in [9.17, 15) is 0 Å². The van der Waals surface area contributed by atoms with E-state index >= 15 is 0 Å². The van der Waals surface area contributed by atoms with Crippen molar-refractivity contribution < 1.29 is 14.2 Å². The average molecular weight is 357 g/mol. The Bertz CT molecular complexity index is 375. The summed E-state index contributed by atoms with van der Waals surface area (Å²) in [5, 5.41) is 0. The molecule has 0 N–H and O–H groups in total. The molecule has 150 valence electrons. The van der Waals surface area contributed by atoms with Crippen LogP contribution in [0.3, 0.4) is 0 Å². The largest absolute Gasteiger partial charge is 0.376 e. The van der Waals surface area contributed by atoms with Crippen LogP contribution in [0, 0.1) is 5.41 Å². The molecule has 3 nitrogen and oxygen atoms in total. The van der Waals surface area contributed by atoms with Crippen LogP contribution in [0.5, 0.6) is 0 Å². The van der Waals surface area contributed by atoms with Gasteiger partial charge in [0, 0.05) is 0 Å². The first-order chi connectivity index (χ1) is 11.4. The predicted octanol–water partition coefficient (Wildman–Crippen LogP) is 6.16. The first-order valence-corrected chi connectivity index (χ1v) is 9.97. The molecular weight excluding hydrogens is 312 g/mol. The lowest BCUT2D eigenvalue weighted by atomic mass is 9.69. The van der Waals surface area contributed by atoms with Crippen molar-refractivity contribution in [2.24, 2.45) is 5.41 Å². The number of rotatable bonds is 14. The van der Waals surface area contributed by atoms with Crippen LogP contribution in [0.2, 0.25) is 0 Å². The topological polar surface area (TPSA) is 27.7 Å². The summed E-state index contributed by atoms with van der Waals surface area (Å²) in [6.45, 7) is 24.7. The maximum atomic E-state index is 6.37. The monoisotopic (exact) mass is 356 g/mol. The first-order valence-electron chi connectivity index (χ1n) is 9.97. The fourth-order valence-corrected chi connectivity index (χ4v) is 3.07. The van der Waals surface area contributed by atoms with Crippen LogP contribution in [-0.2, 0) is 14.2 Å². The molecule has 0 heterocycles. The van der Waals surface area contributed by atoms with Gasteiger partial charge < -0.3 is 14.2 Å². The Morgan fingerprint density at radius 2 is 1.56 bits per heavy atom. The SMILES string of the molecule is C=CCOC(C)(C)CCOC(C)(C)C(C)(CC)CC(C)OC(C)CC. The third kappa shape index (κ3) is 8.70. The van der Waals surface area contributed by atoms with Crippen molar-refractivity contribution in [3.05, 3.63) is 12.7 Å². The Balaban J connectivity index is 4.73. The Morgan fingerprint density at radius 1 is 0.960 bits per heavy atom. The van der Waals surface area contributed by atoms with Crippen molar-refractivity contribution in [3.8, 4) is 0 Å². The number of hydrogen-bond acceptors (Lipinski definition) is 3. The molecule has 0 aliphatic heterocycles. The Labute approximate surface area is 157 Å². The van der Waals surface area contributed by atoms with Crippen molar-refractivity contribution >= 4 is 0 Å². The van der Waals surface area contributed by atoms with E-state index in [0.717, 1.165) is 25.7 Å². The van der Waals surface area contributed by atoms with Crippen LogP contribution in [0.1, 0.15) is 88.0 Å². The van der Waals surface area contributed by atoms with Crippen LogP contribution in [0.4, 0.5) is 0 Å². The van der Waals surface area contributed by atoms with Crippen molar-refractivity contribution in [2.75, 3.05) is 13.2 Å². The zero-order valence-electron chi connectivity index (χ0n) is 18.4. The van der Waals surface area contributed by atoms with Gasteiger partial charge in [0.15, 0.2) is 0 Å². The quantitative estimate of drug-likeness (QED) is 0.349. The second-order valence-electron chi connectivity index (χ2n) is 8.75. The van der Waals surface area contributed by atoms with Gasteiger partial charge in [-0.05, 0) is 72.6 Å². The van der Waals surface area contributed by atoms with Gasteiger partial charge in [-0.15, -0.1) is 6.58 Å². The summed E-state index contributed by atoms with van der Waals surface area (Å²) in [7, 11) is 0. The number of hydrogen-bond donors (Lipinski definition) is 0. The molecular formula is C22H44O3. The van der Waals surface area contributed by atoms with E-state index in [0.29, 0.717) is 19.3 Å². The molecule has 0 aromatic rings. The smallest absolute Gasteiger partial charge is 0.0680 e. The van der Waals surface area contributed by atoms with Crippen molar-refractivity contribution in [2.45, 2.75) is 111 Å². The lowest BCUT2D eigenvalue weighted by Gasteiger charge is -2.45. The predicted molar refractivity (Wildman–Crippen MR) is 108 cm³/mol. The molecule has 3 heteroatoms. The maximum absolute atomic E-state index is 6.37. The third-order valence-corrected chi connectivity index (χ3v) is 5.77. The van der Waals surface area contributed by atoms with E-state index in [1.807, 2.05) is 0 Å². The Hall–Kier alpha value is -0.380. The standard InChI is InChI=1S/C22H44O3/c1-11-15-23-20(6,7)14-16-24-21(8,9)22(10,13-3)17-19(5)25-18(4)12-2/h11,18-19H,1,12-17H2,2-10H3. The van der Waals surface area contributed by atoms with Gasteiger partial charge >= 0.3 is 0 Å². The molecule has 0 saturated carbocycles. The molecule has 0 rings (SSSR count). The van der Waals surface area contributed by atoms with Gasteiger partial charge in [-0.1, -0.05) is 26.8 Å². The highest BCUT2D eigenvalue weighted by Gasteiger charge is 2.42. The zero-order chi connectivity index (χ0) is 19.7. The van der Waals surface area contributed by atoms with Crippen molar-refractivity contribution in [1.82, 2.24) is 0 Å². The Morgan fingerprint density at radius 3 is 2.04 bits per heavy atom. The molecule has 0 radical (unpaired) electrons. The zero-order valence-corrected chi connectivity index (χ0v) is 18.4. The van der Waals surface area contributed by atoms with Gasteiger partial charge in [-0.25, -0.2) is 0 Å². The maximum Gasteiger partial charge on any atom is 0.0680 e. The molecule has 3 atom stereocenters. The Kier molecular flexibility index (Phi) is 10.5. The molecule has 0 fully saturated rings. The van der Waals surface area contributed by atoms with E-state index in [1.54, 1.807) is 6.08 Å². The van der Waals surface area contributed by atoms with Gasteiger partial charge in [-0.3, -0.25) is 0 Å². The van der Waals surface area contributed by atoms with Crippen LogP contribution < -0.4 is 0 Å². The van der Waals surface area contributed by atoms with E-state index in [1.165, 1.54) is 0 Å². The molecule has 0 spiro atoms. The van der Waals surface area contributed by atoms with Crippen LogP contribution in [-0.4, -0.2) is 36.6 Å². The summed E-state index contributed by atoms with van der Waals surface area (Å²) in [6, 6.07) is 0. The van der Waals surface area contributed by atoms with E-state index in [2.05, 4.69) is 68.9 Å². The summed E-state index contributed by atoms with van der Waals surface area (Å²) in [6.07, 6.45) is 6.30. The second kappa shape index (κ2) is 10.7. The molecule has 0 aliphatic rings. The molecule has 0 amide bonds. The molecule has 0 bridgehead atoms. The second-order valence-corrected chi connectivity index (χ2v) is 8.75. The van der Waals surface area contributed by atoms with E-state index in [4.69, 9.17) is 14.2 Å². The molecule has 25 heavy (non-hydrogen) atoms. The molecule has 0 aromatic heterocycles. The fraction of sp³-hybridized carbons (Fsp3) is 0.909. The normalized spacial score (nSPS) is 17.8. The van der Waals surface area contributed by atoms with Gasteiger partial charge in [0.1, 0.15) is 0 Å². The minimum atomic E-state index is -0.219. The molecule has 0 aromatic carbocycles. The minimum absolute atomic E-state index is 0.0615. The summed E-state index contributed by atoms with van der Waals surface area (Å²) in [5.74, 6) is 0.